The Morgan fingerprint density at radius 3 is 2.68 bits per heavy atom. The maximum Gasteiger partial charge on any atom is 0.124 e. The number of hydrogen-bond donors (Lipinski definition) is 2. The maximum atomic E-state index is 13.2. The second-order valence-corrected chi connectivity index (χ2v) is 5.54. The quantitative estimate of drug-likeness (QED) is 0.882. The Balaban J connectivity index is 2.06. The van der Waals surface area contributed by atoms with Crippen molar-refractivity contribution in [1.29, 1.82) is 0 Å². The smallest absolute Gasteiger partial charge is 0.124 e. The zero-order valence-electron chi connectivity index (χ0n) is 11.4. The first-order chi connectivity index (χ1) is 9.00. The molecule has 1 unspecified atom stereocenters. The molecule has 4 heteroatoms. The summed E-state index contributed by atoms with van der Waals surface area (Å²) in [6.45, 7) is 2.04. The van der Waals surface area contributed by atoms with Gasteiger partial charge in [0, 0.05) is 11.6 Å². The van der Waals surface area contributed by atoms with Crippen LogP contribution in [-0.2, 0) is 0 Å². The van der Waals surface area contributed by atoms with Crippen LogP contribution in [0.1, 0.15) is 50.6 Å². The monoisotopic (exact) mass is 267 g/mol. The number of benzene rings is 1. The van der Waals surface area contributed by atoms with Gasteiger partial charge in [-0.1, -0.05) is 19.3 Å². The van der Waals surface area contributed by atoms with E-state index in [0.717, 1.165) is 25.7 Å². The Bertz CT molecular complexity index is 428. The first-order valence-corrected chi connectivity index (χ1v) is 6.90. The van der Waals surface area contributed by atoms with Crippen molar-refractivity contribution >= 4 is 0 Å². The molecule has 1 atom stereocenters. The summed E-state index contributed by atoms with van der Waals surface area (Å²) in [7, 11) is 0. The molecule has 19 heavy (non-hydrogen) atoms. The van der Waals surface area contributed by atoms with Crippen molar-refractivity contribution in [2.75, 3.05) is 6.61 Å². The molecule has 3 nitrogen and oxygen atoms in total. The van der Waals surface area contributed by atoms with Crippen LogP contribution in [0.2, 0.25) is 0 Å². The van der Waals surface area contributed by atoms with E-state index in [1.165, 1.54) is 18.6 Å². The van der Waals surface area contributed by atoms with Crippen LogP contribution in [0.15, 0.2) is 18.2 Å². The van der Waals surface area contributed by atoms with Crippen molar-refractivity contribution in [2.24, 2.45) is 5.73 Å². The van der Waals surface area contributed by atoms with Gasteiger partial charge < -0.3 is 15.6 Å². The zero-order valence-corrected chi connectivity index (χ0v) is 11.4. The predicted octanol–water partition coefficient (Wildman–Crippen LogP) is 2.92. The SMILES string of the molecule is CC(N)c1cc(F)ccc1OCC1(O)CCCCC1. The molecule has 0 radical (unpaired) electrons. The summed E-state index contributed by atoms with van der Waals surface area (Å²) in [5, 5.41) is 10.4. The van der Waals surface area contributed by atoms with Crippen LogP contribution in [0, 0.1) is 5.82 Å². The van der Waals surface area contributed by atoms with Crippen molar-refractivity contribution in [3.8, 4) is 5.75 Å². The highest BCUT2D eigenvalue weighted by Gasteiger charge is 2.30. The molecule has 1 saturated carbocycles. The standard InChI is InChI=1S/C15H22FNO2/c1-11(17)13-9-12(16)5-6-14(13)19-10-15(18)7-3-2-4-8-15/h5-6,9,11,18H,2-4,7-8,10,17H2,1H3. The van der Waals surface area contributed by atoms with Crippen molar-refractivity contribution in [3.63, 3.8) is 0 Å². The number of aliphatic hydroxyl groups is 1. The molecule has 0 spiro atoms. The predicted molar refractivity (Wildman–Crippen MR) is 72.5 cm³/mol. The van der Waals surface area contributed by atoms with Crippen LogP contribution in [0.4, 0.5) is 4.39 Å². The fraction of sp³-hybridized carbons (Fsp3) is 0.600. The van der Waals surface area contributed by atoms with E-state index in [9.17, 15) is 9.50 Å². The molecule has 1 aliphatic carbocycles. The average molecular weight is 267 g/mol. The van der Waals surface area contributed by atoms with E-state index in [0.29, 0.717) is 11.3 Å². The third-order valence-corrected chi connectivity index (χ3v) is 3.74. The topological polar surface area (TPSA) is 55.5 Å². The fourth-order valence-corrected chi connectivity index (χ4v) is 2.57. The molecule has 1 aromatic rings. The molecule has 0 aromatic heterocycles. The van der Waals surface area contributed by atoms with E-state index in [-0.39, 0.29) is 18.5 Å². The van der Waals surface area contributed by atoms with E-state index in [1.54, 1.807) is 13.0 Å². The Morgan fingerprint density at radius 1 is 1.37 bits per heavy atom. The first-order valence-electron chi connectivity index (χ1n) is 6.90. The third-order valence-electron chi connectivity index (χ3n) is 3.74. The lowest BCUT2D eigenvalue weighted by Gasteiger charge is -2.32. The second kappa shape index (κ2) is 5.88. The van der Waals surface area contributed by atoms with Gasteiger partial charge in [-0.05, 0) is 38.0 Å². The van der Waals surface area contributed by atoms with Gasteiger partial charge in [0.1, 0.15) is 18.2 Å². The number of halogens is 1. The number of nitrogens with two attached hydrogens (primary N) is 1. The van der Waals surface area contributed by atoms with Crippen LogP contribution in [0.5, 0.6) is 5.75 Å². The summed E-state index contributed by atoms with van der Waals surface area (Å²) >= 11 is 0. The number of rotatable bonds is 4. The van der Waals surface area contributed by atoms with Crippen molar-refractivity contribution in [3.05, 3.63) is 29.6 Å². The summed E-state index contributed by atoms with van der Waals surface area (Å²) in [6.07, 6.45) is 4.76. The molecule has 0 aliphatic heterocycles. The zero-order chi connectivity index (χ0) is 13.9. The van der Waals surface area contributed by atoms with Crippen LogP contribution in [0.3, 0.4) is 0 Å². The van der Waals surface area contributed by atoms with Gasteiger partial charge in [-0.15, -0.1) is 0 Å². The van der Waals surface area contributed by atoms with Crippen molar-refractivity contribution in [1.82, 2.24) is 0 Å². The Morgan fingerprint density at radius 2 is 2.05 bits per heavy atom. The molecular formula is C15H22FNO2. The lowest BCUT2D eigenvalue weighted by molar-refractivity contribution is -0.0341. The molecule has 0 heterocycles. The Hall–Kier alpha value is -1.13. The summed E-state index contributed by atoms with van der Waals surface area (Å²) in [5.41, 5.74) is 5.71. The third kappa shape index (κ3) is 3.67. The molecule has 1 aromatic carbocycles. The summed E-state index contributed by atoms with van der Waals surface area (Å²) in [6, 6.07) is 4.03. The first kappa shape index (κ1) is 14.3. The Kier molecular flexibility index (Phi) is 4.42. The van der Waals surface area contributed by atoms with Gasteiger partial charge in [-0.25, -0.2) is 4.39 Å². The fourth-order valence-electron chi connectivity index (χ4n) is 2.57. The molecule has 0 bridgehead atoms. The van der Waals surface area contributed by atoms with Crippen molar-refractivity contribution < 1.29 is 14.2 Å². The van der Waals surface area contributed by atoms with E-state index in [1.807, 2.05) is 0 Å². The minimum atomic E-state index is -0.748. The summed E-state index contributed by atoms with van der Waals surface area (Å²) in [4.78, 5) is 0. The van der Waals surface area contributed by atoms with Gasteiger partial charge in [0.05, 0.1) is 5.60 Å². The molecule has 1 aliphatic rings. The molecule has 106 valence electrons. The van der Waals surface area contributed by atoms with E-state index < -0.39 is 5.60 Å². The molecule has 0 saturated heterocycles. The molecule has 2 rings (SSSR count). The number of ether oxygens (including phenoxy) is 1. The summed E-state index contributed by atoms with van der Waals surface area (Å²) < 4.78 is 18.9. The van der Waals surface area contributed by atoms with Gasteiger partial charge in [-0.2, -0.15) is 0 Å². The van der Waals surface area contributed by atoms with E-state index in [2.05, 4.69) is 0 Å². The molecule has 3 N–H and O–H groups in total. The van der Waals surface area contributed by atoms with Crippen LogP contribution < -0.4 is 10.5 Å². The van der Waals surface area contributed by atoms with Gasteiger partial charge >= 0.3 is 0 Å². The van der Waals surface area contributed by atoms with Gasteiger partial charge in [0.15, 0.2) is 0 Å². The van der Waals surface area contributed by atoms with E-state index in [4.69, 9.17) is 10.5 Å². The normalized spacial score (nSPS) is 20.0. The van der Waals surface area contributed by atoms with Crippen LogP contribution in [-0.4, -0.2) is 17.3 Å². The van der Waals surface area contributed by atoms with Crippen molar-refractivity contribution in [2.45, 2.75) is 50.7 Å². The molecule has 0 amide bonds. The second-order valence-electron chi connectivity index (χ2n) is 5.54. The Labute approximate surface area is 113 Å². The van der Waals surface area contributed by atoms with E-state index >= 15 is 0 Å². The minimum absolute atomic E-state index is 0.248. The molecular weight excluding hydrogens is 245 g/mol. The molecule has 1 fully saturated rings. The highest BCUT2D eigenvalue weighted by molar-refractivity contribution is 5.36. The highest BCUT2D eigenvalue weighted by Crippen LogP contribution is 2.30. The van der Waals surface area contributed by atoms with Crippen LogP contribution >= 0.6 is 0 Å². The van der Waals surface area contributed by atoms with Gasteiger partial charge in [0.25, 0.3) is 0 Å². The highest BCUT2D eigenvalue weighted by atomic mass is 19.1. The maximum absolute atomic E-state index is 13.2. The largest absolute Gasteiger partial charge is 0.490 e. The average Bonchev–Trinajstić information content (AvgIpc) is 2.38. The summed E-state index contributed by atoms with van der Waals surface area (Å²) in [5.74, 6) is 0.242. The number of hydrogen-bond acceptors (Lipinski definition) is 3. The minimum Gasteiger partial charge on any atom is -0.490 e. The van der Waals surface area contributed by atoms with Crippen LogP contribution in [0.25, 0.3) is 0 Å². The van der Waals surface area contributed by atoms with Gasteiger partial charge in [0.2, 0.25) is 0 Å². The lowest BCUT2D eigenvalue weighted by atomic mass is 9.85. The van der Waals surface area contributed by atoms with Gasteiger partial charge in [-0.3, -0.25) is 0 Å². The lowest BCUT2D eigenvalue weighted by Crippen LogP contribution is -2.38.